The number of carbonyl (C=O) groups excluding carboxylic acids is 1. The van der Waals surface area contributed by atoms with Gasteiger partial charge in [0.1, 0.15) is 11.3 Å². The van der Waals surface area contributed by atoms with Crippen molar-refractivity contribution in [3.05, 3.63) is 92.3 Å². The zero-order valence-corrected chi connectivity index (χ0v) is 15.9. The molecule has 136 valence electrons. The van der Waals surface area contributed by atoms with E-state index < -0.39 is 5.56 Å². The van der Waals surface area contributed by atoms with Gasteiger partial charge >= 0.3 is 0 Å². The lowest BCUT2D eigenvalue weighted by Crippen LogP contribution is -2.37. The third-order valence-electron chi connectivity index (χ3n) is 4.90. The lowest BCUT2D eigenvalue weighted by atomic mass is 10.0. The fraction of sp³-hybridized carbons (Fsp3) is 0.143. The van der Waals surface area contributed by atoms with Crippen LogP contribution < -0.4 is 10.5 Å². The Morgan fingerprint density at radius 2 is 1.89 bits per heavy atom. The van der Waals surface area contributed by atoms with E-state index in [0.717, 1.165) is 15.6 Å². The van der Waals surface area contributed by atoms with Crippen LogP contribution in [0.1, 0.15) is 33.9 Å². The summed E-state index contributed by atoms with van der Waals surface area (Å²) in [5.41, 5.74) is 2.15. The number of hydrogen-bond donors (Lipinski definition) is 2. The Morgan fingerprint density at radius 3 is 2.63 bits per heavy atom. The summed E-state index contributed by atoms with van der Waals surface area (Å²) in [5.74, 6) is -0.115. The molecule has 1 amide bonds. The van der Waals surface area contributed by atoms with Gasteiger partial charge in [0.15, 0.2) is 0 Å². The molecule has 27 heavy (non-hydrogen) atoms. The fourth-order valence-corrected chi connectivity index (χ4v) is 3.91. The number of rotatable bonds is 3. The minimum absolute atomic E-state index is 0.0917. The minimum atomic E-state index is -0.418. The van der Waals surface area contributed by atoms with Gasteiger partial charge in [0.2, 0.25) is 0 Å². The molecule has 0 saturated carbocycles. The molecule has 5 nitrogen and oxygen atoms in total. The minimum Gasteiger partial charge on any atom is -0.508 e. The number of phenols is 1. The average molecular weight is 425 g/mol. The first kappa shape index (κ1) is 17.5. The van der Waals surface area contributed by atoms with E-state index in [2.05, 4.69) is 20.9 Å². The van der Waals surface area contributed by atoms with E-state index in [4.69, 9.17) is 0 Å². The van der Waals surface area contributed by atoms with Crippen LogP contribution in [0.3, 0.4) is 0 Å². The molecule has 1 aliphatic rings. The van der Waals surface area contributed by atoms with Gasteiger partial charge in [-0.15, -0.1) is 0 Å². The largest absolute Gasteiger partial charge is 0.508 e. The van der Waals surface area contributed by atoms with Gasteiger partial charge in [-0.2, -0.15) is 0 Å². The zero-order chi connectivity index (χ0) is 19.0. The summed E-state index contributed by atoms with van der Waals surface area (Å²) in [4.78, 5) is 29.8. The number of hydrogen-bond acceptors (Lipinski definition) is 3. The van der Waals surface area contributed by atoms with Gasteiger partial charge in [0.05, 0.1) is 6.04 Å². The number of carbonyl (C=O) groups is 1. The maximum Gasteiger partial charge on any atom is 0.264 e. The Bertz CT molecular complexity index is 1060. The topological polar surface area (TPSA) is 73.4 Å². The highest BCUT2D eigenvalue weighted by Gasteiger charge is 2.34. The lowest BCUT2D eigenvalue weighted by molar-refractivity contribution is 0.0974. The van der Waals surface area contributed by atoms with E-state index in [1.54, 1.807) is 23.1 Å². The molecule has 1 aromatic heterocycles. The van der Waals surface area contributed by atoms with Crippen molar-refractivity contribution in [1.82, 2.24) is 4.98 Å². The number of H-pyrrole nitrogens is 1. The van der Waals surface area contributed by atoms with Crippen molar-refractivity contribution in [2.45, 2.75) is 18.9 Å². The highest BCUT2D eigenvalue weighted by molar-refractivity contribution is 9.10. The van der Waals surface area contributed by atoms with Gasteiger partial charge in [0, 0.05) is 16.4 Å². The van der Waals surface area contributed by atoms with Crippen LogP contribution in [-0.4, -0.2) is 16.0 Å². The number of anilines is 1. The van der Waals surface area contributed by atoms with Crippen molar-refractivity contribution in [3.63, 3.8) is 0 Å². The monoisotopic (exact) mass is 424 g/mol. The van der Waals surface area contributed by atoms with Crippen LogP contribution in [-0.2, 0) is 6.42 Å². The molecule has 0 saturated heterocycles. The number of benzene rings is 2. The molecule has 3 aromatic rings. The van der Waals surface area contributed by atoms with Crippen molar-refractivity contribution >= 4 is 27.5 Å². The van der Waals surface area contributed by atoms with Gasteiger partial charge in [-0.3, -0.25) is 9.59 Å². The van der Waals surface area contributed by atoms with Gasteiger partial charge in [-0.25, -0.2) is 0 Å². The molecule has 2 N–H and O–H groups in total. The van der Waals surface area contributed by atoms with Crippen LogP contribution in [0.4, 0.5) is 5.69 Å². The molecule has 6 heteroatoms. The van der Waals surface area contributed by atoms with Crippen molar-refractivity contribution in [3.8, 4) is 5.75 Å². The van der Waals surface area contributed by atoms with Crippen molar-refractivity contribution in [1.29, 1.82) is 0 Å². The number of aromatic nitrogens is 1. The molecule has 1 aliphatic carbocycles. The molecule has 1 heterocycles. The number of nitrogens with zero attached hydrogens (tertiary/aromatic N) is 1. The summed E-state index contributed by atoms with van der Waals surface area (Å²) in [6.07, 6.45) is 2.86. The van der Waals surface area contributed by atoms with E-state index >= 15 is 0 Å². The van der Waals surface area contributed by atoms with Crippen LogP contribution >= 0.6 is 15.9 Å². The molecule has 0 spiro atoms. The number of pyridine rings is 1. The predicted octanol–water partition coefficient (Wildman–Crippen LogP) is 4.18. The normalized spacial score (nSPS) is 15.4. The second kappa shape index (κ2) is 7.04. The SMILES string of the molecule is O=C(c1ccc[nH]c1=O)N(c1ccc(Br)cc1)C1CCc2c(O)cccc21. The standard InChI is InChI=1S/C21H17BrN2O3/c22-13-6-8-14(9-7-13)24(21(27)17-4-2-12-23-20(17)26)18-11-10-16-15(18)3-1-5-19(16)25/h1-9,12,18,25H,10-11H2,(H,23,26). The Hall–Kier alpha value is -2.86. The van der Waals surface area contributed by atoms with Crippen LogP contribution in [0, 0.1) is 0 Å². The van der Waals surface area contributed by atoms with Crippen LogP contribution in [0.5, 0.6) is 5.75 Å². The van der Waals surface area contributed by atoms with Crippen LogP contribution in [0.15, 0.2) is 70.1 Å². The summed E-state index contributed by atoms with van der Waals surface area (Å²) < 4.78 is 0.903. The third-order valence-corrected chi connectivity index (χ3v) is 5.43. The summed E-state index contributed by atoms with van der Waals surface area (Å²) >= 11 is 3.42. The Kier molecular flexibility index (Phi) is 4.58. The van der Waals surface area contributed by atoms with Crippen molar-refractivity contribution < 1.29 is 9.90 Å². The first-order valence-electron chi connectivity index (χ1n) is 8.64. The molecule has 0 radical (unpaired) electrons. The van der Waals surface area contributed by atoms with Crippen LogP contribution in [0.25, 0.3) is 0 Å². The third kappa shape index (κ3) is 3.17. The summed E-state index contributed by atoms with van der Waals surface area (Å²) in [5, 5.41) is 10.2. The number of nitrogens with one attached hydrogen (secondary N) is 1. The maximum atomic E-state index is 13.4. The Morgan fingerprint density at radius 1 is 1.11 bits per heavy atom. The molecule has 0 bridgehead atoms. The quantitative estimate of drug-likeness (QED) is 0.662. The van der Waals surface area contributed by atoms with E-state index in [-0.39, 0.29) is 23.3 Å². The number of aromatic hydroxyl groups is 1. The smallest absolute Gasteiger partial charge is 0.264 e. The highest BCUT2D eigenvalue weighted by atomic mass is 79.9. The van der Waals surface area contributed by atoms with Crippen molar-refractivity contribution in [2.75, 3.05) is 4.90 Å². The predicted molar refractivity (Wildman–Crippen MR) is 107 cm³/mol. The number of amides is 1. The summed E-state index contributed by atoms with van der Waals surface area (Å²) in [6, 6.07) is 15.7. The molecule has 4 rings (SSSR count). The Balaban J connectivity index is 1.85. The van der Waals surface area contributed by atoms with E-state index in [0.29, 0.717) is 18.5 Å². The number of aromatic amines is 1. The second-order valence-corrected chi connectivity index (χ2v) is 7.38. The van der Waals surface area contributed by atoms with E-state index in [9.17, 15) is 14.7 Å². The zero-order valence-electron chi connectivity index (χ0n) is 14.4. The average Bonchev–Trinajstić information content (AvgIpc) is 3.09. The highest BCUT2D eigenvalue weighted by Crippen LogP contribution is 2.42. The summed E-state index contributed by atoms with van der Waals surface area (Å²) in [7, 11) is 0. The number of halogens is 1. The first-order chi connectivity index (χ1) is 13.1. The van der Waals surface area contributed by atoms with Crippen LogP contribution in [0.2, 0.25) is 0 Å². The Labute approximate surface area is 164 Å². The van der Waals surface area contributed by atoms with Gasteiger partial charge in [-0.05, 0) is 66.4 Å². The van der Waals surface area contributed by atoms with Crippen molar-refractivity contribution in [2.24, 2.45) is 0 Å². The number of phenolic OH excluding ortho intramolecular Hbond substituents is 1. The summed E-state index contributed by atoms with van der Waals surface area (Å²) in [6.45, 7) is 0. The maximum absolute atomic E-state index is 13.4. The van der Waals surface area contributed by atoms with Gasteiger partial charge in [-0.1, -0.05) is 28.1 Å². The van der Waals surface area contributed by atoms with E-state index in [1.165, 1.54) is 12.3 Å². The number of fused-ring (bicyclic) bond motifs is 1. The van der Waals surface area contributed by atoms with Gasteiger partial charge < -0.3 is 15.0 Å². The van der Waals surface area contributed by atoms with Gasteiger partial charge in [0.25, 0.3) is 11.5 Å². The fourth-order valence-electron chi connectivity index (χ4n) is 3.64. The molecule has 2 aromatic carbocycles. The molecule has 0 fully saturated rings. The van der Waals surface area contributed by atoms with E-state index in [1.807, 2.05) is 30.3 Å². The second-order valence-electron chi connectivity index (χ2n) is 6.46. The molecule has 1 atom stereocenters. The molecule has 0 aliphatic heterocycles. The lowest BCUT2D eigenvalue weighted by Gasteiger charge is -2.30. The first-order valence-corrected chi connectivity index (χ1v) is 9.43. The molecular formula is C21H17BrN2O3. The molecular weight excluding hydrogens is 408 g/mol. The molecule has 1 unspecified atom stereocenters.